The number of methoxy groups -OCH3 is 2. The van der Waals surface area contributed by atoms with Gasteiger partial charge in [0.1, 0.15) is 12.2 Å². The van der Waals surface area contributed by atoms with Gasteiger partial charge in [-0.05, 0) is 23.3 Å². The van der Waals surface area contributed by atoms with Crippen molar-refractivity contribution in [3.8, 4) is 0 Å². The Bertz CT molecular complexity index is 506. The van der Waals surface area contributed by atoms with E-state index in [9.17, 15) is 4.79 Å². The van der Waals surface area contributed by atoms with E-state index < -0.39 is 0 Å². The van der Waals surface area contributed by atoms with E-state index in [1.807, 2.05) is 23.1 Å². The molecule has 0 bridgehead atoms. The molecule has 1 amide bonds. The fraction of sp³-hybridized carbons (Fsp3) is 0.533. The highest BCUT2D eigenvalue weighted by Crippen LogP contribution is 2.21. The number of likely N-dealkylation sites (tertiary alicyclic amines) is 1. The highest BCUT2D eigenvalue weighted by molar-refractivity contribution is 5.94. The average Bonchev–Trinajstić information content (AvgIpc) is 3.11. The largest absolute Gasteiger partial charge is 0.377 e. The van der Waals surface area contributed by atoms with Crippen LogP contribution in [0.25, 0.3) is 0 Å². The molecule has 0 aromatic heterocycles. The SMILES string of the molecule is COC1CN(C(=O)c2ccc3c(c2)CNC3)CC1OC. The predicted octanol–water partition coefficient (Wildman–Crippen LogP) is 0.776. The first-order valence-electron chi connectivity index (χ1n) is 6.90. The Balaban J connectivity index is 1.76. The quantitative estimate of drug-likeness (QED) is 0.886. The number of carbonyl (C=O) groups excluding carboxylic acids is 1. The van der Waals surface area contributed by atoms with Crippen molar-refractivity contribution in [3.05, 3.63) is 34.9 Å². The Labute approximate surface area is 118 Å². The van der Waals surface area contributed by atoms with Crippen molar-refractivity contribution < 1.29 is 14.3 Å². The molecule has 2 aliphatic heterocycles. The van der Waals surface area contributed by atoms with Crippen molar-refractivity contribution in [3.63, 3.8) is 0 Å². The van der Waals surface area contributed by atoms with E-state index in [4.69, 9.17) is 9.47 Å². The lowest BCUT2D eigenvalue weighted by molar-refractivity contribution is -0.00461. The number of ether oxygens (including phenoxy) is 2. The molecule has 5 nitrogen and oxygen atoms in total. The molecule has 2 atom stereocenters. The van der Waals surface area contributed by atoms with Crippen molar-refractivity contribution in [2.75, 3.05) is 27.3 Å². The third kappa shape index (κ3) is 2.32. The maximum absolute atomic E-state index is 12.6. The highest BCUT2D eigenvalue weighted by atomic mass is 16.5. The number of fused-ring (bicyclic) bond motifs is 1. The van der Waals surface area contributed by atoms with Crippen LogP contribution in [0.3, 0.4) is 0 Å². The summed E-state index contributed by atoms with van der Waals surface area (Å²) in [4.78, 5) is 14.4. The number of nitrogens with one attached hydrogen (secondary N) is 1. The van der Waals surface area contributed by atoms with E-state index in [0.29, 0.717) is 13.1 Å². The first-order valence-corrected chi connectivity index (χ1v) is 6.90. The van der Waals surface area contributed by atoms with Crippen LogP contribution in [-0.2, 0) is 22.6 Å². The van der Waals surface area contributed by atoms with Crippen molar-refractivity contribution in [1.29, 1.82) is 0 Å². The van der Waals surface area contributed by atoms with Crippen LogP contribution in [0.2, 0.25) is 0 Å². The van der Waals surface area contributed by atoms with Gasteiger partial charge < -0.3 is 19.7 Å². The Hall–Kier alpha value is -1.43. The van der Waals surface area contributed by atoms with Crippen LogP contribution in [0.4, 0.5) is 0 Å². The molecule has 5 heteroatoms. The zero-order chi connectivity index (χ0) is 14.1. The van der Waals surface area contributed by atoms with Crippen LogP contribution < -0.4 is 5.32 Å². The summed E-state index contributed by atoms with van der Waals surface area (Å²) >= 11 is 0. The van der Waals surface area contributed by atoms with Gasteiger partial charge in [0, 0.05) is 46.0 Å². The monoisotopic (exact) mass is 276 g/mol. The lowest BCUT2D eigenvalue weighted by Gasteiger charge is -2.16. The van der Waals surface area contributed by atoms with Crippen LogP contribution in [0.5, 0.6) is 0 Å². The highest BCUT2D eigenvalue weighted by Gasteiger charge is 2.35. The van der Waals surface area contributed by atoms with Crippen molar-refractivity contribution in [1.82, 2.24) is 10.2 Å². The van der Waals surface area contributed by atoms with Gasteiger partial charge in [0.25, 0.3) is 5.91 Å². The summed E-state index contributed by atoms with van der Waals surface area (Å²) < 4.78 is 10.8. The molecule has 2 aliphatic rings. The Morgan fingerprint density at radius 2 is 1.80 bits per heavy atom. The number of benzene rings is 1. The molecular weight excluding hydrogens is 256 g/mol. The molecule has 1 aromatic carbocycles. The summed E-state index contributed by atoms with van der Waals surface area (Å²) in [5.74, 6) is 0.0568. The molecule has 1 aromatic rings. The standard InChI is InChI=1S/C15H20N2O3/c1-19-13-8-17(9-14(13)20-2)15(18)10-3-4-11-6-16-7-12(11)5-10/h3-5,13-14,16H,6-9H2,1-2H3. The third-order valence-electron chi connectivity index (χ3n) is 4.19. The second kappa shape index (κ2) is 5.52. The van der Waals surface area contributed by atoms with Gasteiger partial charge in [-0.25, -0.2) is 0 Å². The van der Waals surface area contributed by atoms with Crippen LogP contribution in [0.15, 0.2) is 18.2 Å². The number of nitrogens with zero attached hydrogens (tertiary/aromatic N) is 1. The minimum Gasteiger partial charge on any atom is -0.377 e. The van der Waals surface area contributed by atoms with Crippen LogP contribution >= 0.6 is 0 Å². The summed E-state index contributed by atoms with van der Waals surface area (Å²) in [5.41, 5.74) is 3.26. The predicted molar refractivity (Wildman–Crippen MR) is 74.5 cm³/mol. The molecule has 0 radical (unpaired) electrons. The van der Waals surface area contributed by atoms with Gasteiger partial charge in [0.2, 0.25) is 0 Å². The molecule has 1 saturated heterocycles. The lowest BCUT2D eigenvalue weighted by Crippen LogP contribution is -2.30. The Morgan fingerprint density at radius 3 is 2.45 bits per heavy atom. The molecule has 0 spiro atoms. The third-order valence-corrected chi connectivity index (χ3v) is 4.19. The summed E-state index contributed by atoms with van der Waals surface area (Å²) in [6, 6.07) is 5.95. The molecule has 108 valence electrons. The molecule has 0 saturated carbocycles. The minimum absolute atomic E-state index is 0.0416. The first-order chi connectivity index (χ1) is 9.72. The van der Waals surface area contributed by atoms with E-state index in [-0.39, 0.29) is 18.1 Å². The van der Waals surface area contributed by atoms with E-state index in [1.54, 1.807) is 14.2 Å². The molecule has 2 unspecified atom stereocenters. The maximum Gasteiger partial charge on any atom is 0.254 e. The molecule has 20 heavy (non-hydrogen) atoms. The van der Waals surface area contributed by atoms with Crippen molar-refractivity contribution >= 4 is 5.91 Å². The van der Waals surface area contributed by atoms with Crippen LogP contribution in [0, 0.1) is 0 Å². The number of amides is 1. The molecule has 1 N–H and O–H groups in total. The van der Waals surface area contributed by atoms with E-state index in [0.717, 1.165) is 18.7 Å². The zero-order valence-electron chi connectivity index (χ0n) is 11.9. The van der Waals surface area contributed by atoms with E-state index in [2.05, 4.69) is 5.32 Å². The first kappa shape index (κ1) is 13.5. The van der Waals surface area contributed by atoms with Gasteiger partial charge >= 0.3 is 0 Å². The maximum atomic E-state index is 12.6. The molecule has 2 heterocycles. The van der Waals surface area contributed by atoms with E-state index in [1.165, 1.54) is 11.1 Å². The number of hydrogen-bond donors (Lipinski definition) is 1. The molecule has 3 rings (SSSR count). The van der Waals surface area contributed by atoms with Gasteiger partial charge in [-0.1, -0.05) is 6.07 Å². The zero-order valence-corrected chi connectivity index (χ0v) is 11.9. The topological polar surface area (TPSA) is 50.8 Å². The number of carbonyl (C=O) groups is 1. The van der Waals surface area contributed by atoms with Crippen molar-refractivity contribution in [2.24, 2.45) is 0 Å². The van der Waals surface area contributed by atoms with E-state index >= 15 is 0 Å². The molecule has 0 aliphatic carbocycles. The normalized spacial score (nSPS) is 25.0. The fourth-order valence-corrected chi connectivity index (χ4v) is 2.97. The van der Waals surface area contributed by atoms with Gasteiger partial charge in [0.15, 0.2) is 0 Å². The molecule has 1 fully saturated rings. The van der Waals surface area contributed by atoms with Crippen molar-refractivity contribution in [2.45, 2.75) is 25.3 Å². The van der Waals surface area contributed by atoms with Gasteiger partial charge in [-0.15, -0.1) is 0 Å². The minimum atomic E-state index is -0.0416. The molecular formula is C15H20N2O3. The Morgan fingerprint density at radius 1 is 1.15 bits per heavy atom. The number of rotatable bonds is 3. The van der Waals surface area contributed by atoms with Crippen LogP contribution in [-0.4, -0.2) is 50.3 Å². The van der Waals surface area contributed by atoms with Crippen LogP contribution in [0.1, 0.15) is 21.5 Å². The average molecular weight is 276 g/mol. The Kier molecular flexibility index (Phi) is 3.74. The fourth-order valence-electron chi connectivity index (χ4n) is 2.97. The smallest absolute Gasteiger partial charge is 0.254 e. The summed E-state index contributed by atoms with van der Waals surface area (Å²) in [6.07, 6.45) is -0.0833. The summed E-state index contributed by atoms with van der Waals surface area (Å²) in [7, 11) is 3.32. The second-order valence-electron chi connectivity index (χ2n) is 5.35. The summed E-state index contributed by atoms with van der Waals surface area (Å²) in [6.45, 7) is 2.91. The summed E-state index contributed by atoms with van der Waals surface area (Å²) in [5, 5.41) is 3.29. The van der Waals surface area contributed by atoms with Gasteiger partial charge in [-0.3, -0.25) is 4.79 Å². The lowest BCUT2D eigenvalue weighted by atomic mass is 10.1. The second-order valence-corrected chi connectivity index (χ2v) is 5.35. The number of hydrogen-bond acceptors (Lipinski definition) is 4. The van der Waals surface area contributed by atoms with Gasteiger partial charge in [0.05, 0.1) is 0 Å². The van der Waals surface area contributed by atoms with Gasteiger partial charge in [-0.2, -0.15) is 0 Å².